The SMILES string of the molecule is CN(CCC(=O)O)C(=O)c1cc(Cl)cc(C(F)(F)F)c1. The molecule has 0 bridgehead atoms. The molecule has 1 aromatic rings. The smallest absolute Gasteiger partial charge is 0.416 e. The summed E-state index contributed by atoms with van der Waals surface area (Å²) in [5, 5.41) is 8.29. The van der Waals surface area contributed by atoms with Crippen LogP contribution in [0.1, 0.15) is 22.3 Å². The fourth-order valence-corrected chi connectivity index (χ4v) is 1.70. The molecule has 4 nitrogen and oxygen atoms in total. The lowest BCUT2D eigenvalue weighted by atomic mass is 10.1. The maximum absolute atomic E-state index is 12.6. The van der Waals surface area contributed by atoms with Gasteiger partial charge in [0.1, 0.15) is 0 Å². The van der Waals surface area contributed by atoms with Crippen molar-refractivity contribution in [3.8, 4) is 0 Å². The highest BCUT2D eigenvalue weighted by Crippen LogP contribution is 2.32. The van der Waals surface area contributed by atoms with Crippen LogP contribution >= 0.6 is 11.6 Å². The average molecular weight is 310 g/mol. The van der Waals surface area contributed by atoms with Crippen molar-refractivity contribution >= 4 is 23.5 Å². The average Bonchev–Trinajstić information content (AvgIpc) is 2.33. The fourth-order valence-electron chi connectivity index (χ4n) is 1.46. The molecule has 20 heavy (non-hydrogen) atoms. The molecule has 110 valence electrons. The van der Waals surface area contributed by atoms with Gasteiger partial charge in [0.25, 0.3) is 5.91 Å². The second kappa shape index (κ2) is 6.13. The number of hydrogen-bond acceptors (Lipinski definition) is 2. The Bertz CT molecular complexity index is 531. The van der Waals surface area contributed by atoms with E-state index in [-0.39, 0.29) is 23.6 Å². The van der Waals surface area contributed by atoms with Gasteiger partial charge in [-0.2, -0.15) is 13.2 Å². The molecule has 0 radical (unpaired) electrons. The molecular weight excluding hydrogens is 299 g/mol. The first-order chi connectivity index (χ1) is 9.11. The van der Waals surface area contributed by atoms with Gasteiger partial charge in [-0.15, -0.1) is 0 Å². The van der Waals surface area contributed by atoms with E-state index in [0.29, 0.717) is 6.07 Å². The molecule has 1 aromatic carbocycles. The highest BCUT2D eigenvalue weighted by molar-refractivity contribution is 6.31. The number of hydrogen-bond donors (Lipinski definition) is 1. The van der Waals surface area contributed by atoms with Crippen molar-refractivity contribution in [2.45, 2.75) is 12.6 Å². The van der Waals surface area contributed by atoms with E-state index in [1.54, 1.807) is 0 Å². The third-order valence-corrected chi connectivity index (χ3v) is 2.70. The Morgan fingerprint density at radius 2 is 1.90 bits per heavy atom. The van der Waals surface area contributed by atoms with Crippen LogP contribution in [0.3, 0.4) is 0 Å². The molecule has 1 N–H and O–H groups in total. The third-order valence-electron chi connectivity index (χ3n) is 2.48. The Morgan fingerprint density at radius 1 is 1.30 bits per heavy atom. The quantitative estimate of drug-likeness (QED) is 0.930. The highest BCUT2D eigenvalue weighted by Gasteiger charge is 2.32. The van der Waals surface area contributed by atoms with Gasteiger partial charge in [-0.25, -0.2) is 0 Å². The predicted molar refractivity (Wildman–Crippen MR) is 65.7 cm³/mol. The zero-order chi connectivity index (χ0) is 15.5. The highest BCUT2D eigenvalue weighted by atomic mass is 35.5. The summed E-state index contributed by atoms with van der Waals surface area (Å²) in [6, 6.07) is 2.51. The van der Waals surface area contributed by atoms with Gasteiger partial charge in [-0.05, 0) is 18.2 Å². The zero-order valence-corrected chi connectivity index (χ0v) is 11.1. The lowest BCUT2D eigenvalue weighted by Crippen LogP contribution is -2.29. The number of amides is 1. The summed E-state index contributed by atoms with van der Waals surface area (Å²) in [5.41, 5.74) is -1.27. The van der Waals surface area contributed by atoms with Crippen LogP contribution in [0, 0.1) is 0 Å². The maximum atomic E-state index is 12.6. The molecule has 0 atom stereocenters. The van der Waals surface area contributed by atoms with E-state index in [9.17, 15) is 22.8 Å². The Labute approximate surface area is 117 Å². The van der Waals surface area contributed by atoms with Crippen molar-refractivity contribution in [2.24, 2.45) is 0 Å². The molecule has 0 aliphatic rings. The summed E-state index contributed by atoms with van der Waals surface area (Å²) in [6.07, 6.45) is -4.91. The fraction of sp³-hybridized carbons (Fsp3) is 0.333. The Hall–Kier alpha value is -1.76. The molecule has 1 rings (SSSR count). The number of carboxylic acids is 1. The van der Waals surface area contributed by atoms with Crippen molar-refractivity contribution < 1.29 is 27.9 Å². The van der Waals surface area contributed by atoms with Crippen molar-refractivity contribution in [3.05, 3.63) is 34.3 Å². The van der Waals surface area contributed by atoms with Gasteiger partial charge < -0.3 is 10.0 Å². The summed E-state index contributed by atoms with van der Waals surface area (Å²) >= 11 is 5.57. The molecule has 0 unspecified atom stereocenters. The molecule has 0 saturated carbocycles. The van der Waals surface area contributed by atoms with Crippen LogP contribution in [-0.4, -0.2) is 35.5 Å². The second-order valence-electron chi connectivity index (χ2n) is 4.10. The number of halogens is 4. The van der Waals surface area contributed by atoms with Gasteiger partial charge in [0, 0.05) is 24.2 Å². The molecule has 0 fully saturated rings. The maximum Gasteiger partial charge on any atom is 0.416 e. The van der Waals surface area contributed by atoms with Gasteiger partial charge >= 0.3 is 12.1 Å². The van der Waals surface area contributed by atoms with Crippen LogP contribution in [0.4, 0.5) is 13.2 Å². The van der Waals surface area contributed by atoms with Gasteiger partial charge in [0.15, 0.2) is 0 Å². The zero-order valence-electron chi connectivity index (χ0n) is 10.4. The second-order valence-corrected chi connectivity index (χ2v) is 4.53. The number of carbonyl (C=O) groups excluding carboxylic acids is 1. The van der Waals surface area contributed by atoms with Gasteiger partial charge in [0.05, 0.1) is 12.0 Å². The predicted octanol–water partition coefficient (Wildman–Crippen LogP) is 2.91. The van der Waals surface area contributed by atoms with E-state index >= 15 is 0 Å². The van der Waals surface area contributed by atoms with Crippen molar-refractivity contribution in [3.63, 3.8) is 0 Å². The van der Waals surface area contributed by atoms with Gasteiger partial charge in [0.2, 0.25) is 0 Å². The van der Waals surface area contributed by atoms with E-state index in [0.717, 1.165) is 17.0 Å². The van der Waals surface area contributed by atoms with Gasteiger partial charge in [-0.3, -0.25) is 9.59 Å². The number of alkyl halides is 3. The molecule has 0 spiro atoms. The van der Waals surface area contributed by atoms with Crippen LogP contribution in [0.2, 0.25) is 5.02 Å². The molecule has 0 aliphatic carbocycles. The molecular formula is C12H11ClF3NO3. The summed E-state index contributed by atoms with van der Waals surface area (Å²) in [5.74, 6) is -1.83. The first-order valence-corrected chi connectivity index (χ1v) is 5.84. The lowest BCUT2D eigenvalue weighted by molar-refractivity contribution is -0.138. The van der Waals surface area contributed by atoms with E-state index in [2.05, 4.69) is 0 Å². The van der Waals surface area contributed by atoms with E-state index in [4.69, 9.17) is 16.7 Å². The molecule has 0 aromatic heterocycles. The van der Waals surface area contributed by atoms with Gasteiger partial charge in [-0.1, -0.05) is 11.6 Å². The summed E-state index contributed by atoms with van der Waals surface area (Å²) < 4.78 is 37.8. The number of benzene rings is 1. The first kappa shape index (κ1) is 16.3. The van der Waals surface area contributed by atoms with E-state index in [1.165, 1.54) is 7.05 Å². The minimum Gasteiger partial charge on any atom is -0.481 e. The van der Waals surface area contributed by atoms with Crippen molar-refractivity contribution in [1.29, 1.82) is 0 Å². The monoisotopic (exact) mass is 309 g/mol. The molecule has 0 aliphatic heterocycles. The summed E-state index contributed by atoms with van der Waals surface area (Å²) in [7, 11) is 1.30. The summed E-state index contributed by atoms with van der Waals surface area (Å²) in [4.78, 5) is 23.3. The first-order valence-electron chi connectivity index (χ1n) is 5.46. The van der Waals surface area contributed by atoms with Crippen LogP contribution in [0.25, 0.3) is 0 Å². The van der Waals surface area contributed by atoms with Crippen molar-refractivity contribution in [1.82, 2.24) is 4.90 Å². The largest absolute Gasteiger partial charge is 0.481 e. The van der Waals surface area contributed by atoms with E-state index < -0.39 is 23.6 Å². The number of carboxylic acid groups (broad SMARTS) is 1. The van der Waals surface area contributed by atoms with E-state index in [1.807, 2.05) is 0 Å². The molecule has 8 heteroatoms. The third kappa shape index (κ3) is 4.41. The van der Waals surface area contributed by atoms with Crippen LogP contribution in [0.15, 0.2) is 18.2 Å². The van der Waals surface area contributed by atoms with Crippen LogP contribution in [0.5, 0.6) is 0 Å². The minimum atomic E-state index is -4.61. The van der Waals surface area contributed by atoms with Crippen molar-refractivity contribution in [2.75, 3.05) is 13.6 Å². The normalized spacial score (nSPS) is 11.2. The molecule has 1 amide bonds. The number of aliphatic carboxylic acids is 1. The number of nitrogens with zero attached hydrogens (tertiary/aromatic N) is 1. The van der Waals surface area contributed by atoms with Crippen LogP contribution < -0.4 is 0 Å². The Morgan fingerprint density at radius 3 is 2.40 bits per heavy atom. The standard InChI is InChI=1S/C12H11ClF3NO3/c1-17(3-2-10(18)19)11(20)7-4-8(12(14,15)16)6-9(13)5-7/h4-6H,2-3H2,1H3,(H,18,19). The lowest BCUT2D eigenvalue weighted by Gasteiger charge is -2.17. The molecule has 0 heterocycles. The summed E-state index contributed by atoms with van der Waals surface area (Å²) in [6.45, 7) is -0.109. The number of carbonyl (C=O) groups is 2. The molecule has 0 saturated heterocycles. The Balaban J connectivity index is 2.98. The number of rotatable bonds is 4. The Kier molecular flexibility index (Phi) is 4.99. The van der Waals surface area contributed by atoms with Crippen LogP contribution in [-0.2, 0) is 11.0 Å². The topological polar surface area (TPSA) is 57.6 Å². The minimum absolute atomic E-state index is 0.109.